The minimum Gasteiger partial charge on any atom is -0.383 e. The average Bonchev–Trinajstić information content (AvgIpc) is 3.45. The van der Waals surface area contributed by atoms with Gasteiger partial charge in [-0.1, -0.05) is 12.1 Å². The Balaban J connectivity index is 1.47. The van der Waals surface area contributed by atoms with E-state index in [4.69, 9.17) is 4.74 Å². The maximum atomic E-state index is 13.7. The topological polar surface area (TPSA) is 79.7 Å². The molecule has 8 nitrogen and oxygen atoms in total. The molecule has 0 bridgehead atoms. The van der Waals surface area contributed by atoms with E-state index in [0.717, 1.165) is 44.5 Å². The molecule has 3 amide bonds. The second-order valence-corrected chi connectivity index (χ2v) is 9.37. The van der Waals surface area contributed by atoms with Crippen LogP contribution in [0, 0.1) is 11.7 Å². The fraction of sp³-hybridized carbons (Fsp3) is 0.560. The Morgan fingerprint density at radius 2 is 1.94 bits per heavy atom. The van der Waals surface area contributed by atoms with Crippen LogP contribution in [-0.4, -0.2) is 76.5 Å². The van der Waals surface area contributed by atoms with Gasteiger partial charge in [0.2, 0.25) is 0 Å². The number of carbonyl (C=O) groups is 2. The van der Waals surface area contributed by atoms with Crippen molar-refractivity contribution in [3.63, 3.8) is 0 Å². The lowest BCUT2D eigenvalue weighted by molar-refractivity contribution is -0.134. The number of aromatic nitrogens is 2. The lowest BCUT2D eigenvalue weighted by Crippen LogP contribution is -2.58. The van der Waals surface area contributed by atoms with E-state index in [2.05, 4.69) is 22.2 Å². The molecule has 2 aromatic rings. The van der Waals surface area contributed by atoms with Gasteiger partial charge in [-0.05, 0) is 69.0 Å². The van der Waals surface area contributed by atoms with Crippen molar-refractivity contribution in [2.24, 2.45) is 5.92 Å². The number of carbonyl (C=O) groups excluding carboxylic acids is 2. The van der Waals surface area contributed by atoms with Crippen molar-refractivity contribution in [3.05, 3.63) is 54.1 Å². The van der Waals surface area contributed by atoms with Gasteiger partial charge < -0.3 is 15.0 Å². The van der Waals surface area contributed by atoms with Crippen molar-refractivity contribution in [2.45, 2.75) is 50.7 Å². The molecule has 2 saturated heterocycles. The molecule has 2 unspecified atom stereocenters. The largest absolute Gasteiger partial charge is 0.383 e. The molecule has 1 aromatic carbocycles. The first-order valence-electron chi connectivity index (χ1n) is 12.0. The van der Waals surface area contributed by atoms with Crippen LogP contribution >= 0.6 is 0 Å². The summed E-state index contributed by atoms with van der Waals surface area (Å²) in [6, 6.07) is 8.14. The van der Waals surface area contributed by atoms with E-state index in [0.29, 0.717) is 12.5 Å². The van der Waals surface area contributed by atoms with E-state index < -0.39 is 5.54 Å². The molecule has 0 aliphatic carbocycles. The molecule has 2 aliphatic heterocycles. The number of imide groups is 1. The lowest BCUT2D eigenvalue weighted by Gasteiger charge is -2.42. The van der Waals surface area contributed by atoms with Crippen molar-refractivity contribution in [3.8, 4) is 0 Å². The highest BCUT2D eigenvalue weighted by atomic mass is 19.1. The molecule has 1 aromatic heterocycles. The maximum absolute atomic E-state index is 13.7. The van der Waals surface area contributed by atoms with E-state index in [-0.39, 0.29) is 36.8 Å². The van der Waals surface area contributed by atoms with E-state index in [9.17, 15) is 14.0 Å². The van der Waals surface area contributed by atoms with Gasteiger partial charge in [0.05, 0.1) is 13.2 Å². The van der Waals surface area contributed by atoms with Crippen molar-refractivity contribution in [1.82, 2.24) is 24.9 Å². The number of aryl methyl sites for hydroxylation is 1. The second kappa shape index (κ2) is 10.7. The zero-order valence-corrected chi connectivity index (χ0v) is 20.0. The molecule has 2 fully saturated rings. The van der Waals surface area contributed by atoms with Crippen LogP contribution < -0.4 is 5.32 Å². The fourth-order valence-corrected chi connectivity index (χ4v) is 5.26. The zero-order chi connectivity index (χ0) is 24.1. The molecule has 3 heterocycles. The Bertz CT molecular complexity index is 959. The monoisotopic (exact) mass is 471 g/mol. The zero-order valence-electron chi connectivity index (χ0n) is 20.0. The van der Waals surface area contributed by atoms with Gasteiger partial charge in [0.1, 0.15) is 11.4 Å². The lowest BCUT2D eigenvalue weighted by atomic mass is 9.73. The molecule has 1 N–H and O–H groups in total. The first-order chi connectivity index (χ1) is 16.4. The molecule has 4 rings (SSSR count). The summed E-state index contributed by atoms with van der Waals surface area (Å²) in [5, 5.41) is 7.33. The number of nitrogens with one attached hydrogen (secondary N) is 1. The third-order valence-corrected chi connectivity index (χ3v) is 7.30. The molecule has 2 atom stereocenters. The smallest absolute Gasteiger partial charge is 0.325 e. The predicted octanol–water partition coefficient (Wildman–Crippen LogP) is 2.69. The van der Waals surface area contributed by atoms with Crippen LogP contribution in [0.1, 0.15) is 31.7 Å². The quantitative estimate of drug-likeness (QED) is 0.539. The van der Waals surface area contributed by atoms with E-state index >= 15 is 0 Å². The summed E-state index contributed by atoms with van der Waals surface area (Å²) in [5.41, 5.74) is -0.189. The Morgan fingerprint density at radius 3 is 2.59 bits per heavy atom. The number of methoxy groups -OCH3 is 1. The number of likely N-dealkylation sites (tertiary alicyclic amines) is 1. The van der Waals surface area contributed by atoms with Gasteiger partial charge in [-0.3, -0.25) is 14.4 Å². The summed E-state index contributed by atoms with van der Waals surface area (Å²) >= 11 is 0. The Morgan fingerprint density at radius 1 is 1.21 bits per heavy atom. The number of halogens is 1. The standard InChI is InChI=1S/C25H34FN5O3/c1-19(8-15-30-12-3-11-27-30)29-13-9-21(10-14-29)25(18-20-4-6-22(26)7-5-20)23(32)31(16-17-34-2)24(33)28-25/h3-7,11-12,19,21H,8-10,13-18H2,1-2H3,(H,28,33). The van der Waals surface area contributed by atoms with Crippen LogP contribution in [0.15, 0.2) is 42.7 Å². The summed E-state index contributed by atoms with van der Waals surface area (Å²) in [4.78, 5) is 30.2. The minimum atomic E-state index is -1.02. The number of rotatable bonds is 10. The number of amides is 3. The van der Waals surface area contributed by atoms with E-state index in [1.165, 1.54) is 17.0 Å². The Kier molecular flexibility index (Phi) is 7.63. The molecule has 2 aliphatic rings. The fourth-order valence-electron chi connectivity index (χ4n) is 5.26. The Labute approximate surface area is 200 Å². The number of ether oxygens (including phenoxy) is 1. The van der Waals surface area contributed by atoms with Gasteiger partial charge in [-0.25, -0.2) is 9.18 Å². The van der Waals surface area contributed by atoms with Crippen molar-refractivity contribution < 1.29 is 18.7 Å². The molecule has 9 heteroatoms. The molecule has 184 valence electrons. The summed E-state index contributed by atoms with van der Waals surface area (Å²) in [6.07, 6.45) is 6.71. The van der Waals surface area contributed by atoms with Crippen molar-refractivity contribution >= 4 is 11.9 Å². The first kappa shape index (κ1) is 24.3. The summed E-state index contributed by atoms with van der Waals surface area (Å²) < 4.78 is 20.5. The van der Waals surface area contributed by atoms with Crippen LogP contribution in [0.4, 0.5) is 9.18 Å². The van der Waals surface area contributed by atoms with Crippen LogP contribution in [0.5, 0.6) is 0 Å². The SMILES string of the molecule is COCCN1C(=O)NC(Cc2ccc(F)cc2)(C2CCN(C(C)CCn3cccn3)CC2)C1=O. The average molecular weight is 472 g/mol. The van der Waals surface area contributed by atoms with Crippen molar-refractivity contribution in [2.75, 3.05) is 33.4 Å². The summed E-state index contributed by atoms with van der Waals surface area (Å²) in [5.74, 6) is -0.529. The number of benzene rings is 1. The predicted molar refractivity (Wildman–Crippen MR) is 126 cm³/mol. The number of urea groups is 1. The molecule has 34 heavy (non-hydrogen) atoms. The van der Waals surface area contributed by atoms with Crippen LogP contribution in [0.3, 0.4) is 0 Å². The number of piperidine rings is 1. The van der Waals surface area contributed by atoms with Crippen LogP contribution in [0.25, 0.3) is 0 Å². The van der Waals surface area contributed by atoms with Crippen LogP contribution in [-0.2, 0) is 22.5 Å². The number of hydrogen-bond donors (Lipinski definition) is 1. The molecule has 0 saturated carbocycles. The number of hydrogen-bond acceptors (Lipinski definition) is 5. The summed E-state index contributed by atoms with van der Waals surface area (Å²) in [7, 11) is 1.55. The third kappa shape index (κ3) is 5.15. The Hall–Kier alpha value is -2.78. The third-order valence-electron chi connectivity index (χ3n) is 7.30. The normalized spacial score (nSPS) is 22.9. The van der Waals surface area contributed by atoms with E-state index in [1.54, 1.807) is 25.4 Å². The van der Waals surface area contributed by atoms with Crippen LogP contribution in [0.2, 0.25) is 0 Å². The molecule has 0 radical (unpaired) electrons. The van der Waals surface area contributed by atoms with Gasteiger partial charge in [-0.15, -0.1) is 0 Å². The van der Waals surface area contributed by atoms with Gasteiger partial charge >= 0.3 is 6.03 Å². The highest BCUT2D eigenvalue weighted by Gasteiger charge is 2.55. The molecule has 0 spiro atoms. The summed E-state index contributed by atoms with van der Waals surface area (Å²) in [6.45, 7) is 5.32. The van der Waals surface area contributed by atoms with Gasteiger partial charge in [0.15, 0.2) is 0 Å². The van der Waals surface area contributed by atoms with E-state index in [1.807, 2.05) is 16.9 Å². The maximum Gasteiger partial charge on any atom is 0.325 e. The minimum absolute atomic E-state index is 0.00360. The van der Waals surface area contributed by atoms with Gasteiger partial charge in [-0.2, -0.15) is 5.10 Å². The van der Waals surface area contributed by atoms with Gasteiger partial charge in [0.25, 0.3) is 5.91 Å². The van der Waals surface area contributed by atoms with Gasteiger partial charge in [0, 0.05) is 38.5 Å². The highest BCUT2D eigenvalue weighted by Crippen LogP contribution is 2.37. The number of nitrogens with zero attached hydrogens (tertiary/aromatic N) is 4. The molecular formula is C25H34FN5O3. The first-order valence-corrected chi connectivity index (χ1v) is 12.0. The van der Waals surface area contributed by atoms with Crippen molar-refractivity contribution in [1.29, 1.82) is 0 Å². The second-order valence-electron chi connectivity index (χ2n) is 9.37. The highest BCUT2D eigenvalue weighted by molar-refractivity contribution is 6.07. The molecular weight excluding hydrogens is 437 g/mol.